The first-order chi connectivity index (χ1) is 8.11. The highest BCUT2D eigenvalue weighted by Gasteiger charge is 2.07. The van der Waals surface area contributed by atoms with Gasteiger partial charge >= 0.3 is 11.4 Å². The average molecular weight is 249 g/mol. The Morgan fingerprint density at radius 2 is 1.88 bits per heavy atom. The molecule has 0 radical (unpaired) electrons. The second kappa shape index (κ2) is 4.58. The number of rotatable bonds is 2. The molecule has 0 saturated heterocycles. The summed E-state index contributed by atoms with van der Waals surface area (Å²) >= 11 is 1.22. The summed E-state index contributed by atoms with van der Waals surface area (Å²) in [5.41, 5.74) is 0.536. The van der Waals surface area contributed by atoms with Crippen LogP contribution < -0.4 is 11.4 Å². The largest absolute Gasteiger partial charge is 0.358 e. The third-order valence-corrected chi connectivity index (χ3v) is 2.87. The van der Waals surface area contributed by atoms with E-state index in [1.54, 1.807) is 18.4 Å². The number of hydrogen-bond donors (Lipinski definition) is 1. The smallest absolute Gasteiger partial charge is 0.286 e. The Morgan fingerprint density at radius 1 is 1.24 bits per heavy atom. The number of benzene rings is 1. The number of aryl methyl sites for hydroxylation is 1. The van der Waals surface area contributed by atoms with E-state index in [4.69, 9.17) is 0 Å². The van der Waals surface area contributed by atoms with Crippen LogP contribution in [0.3, 0.4) is 0 Å². The summed E-state index contributed by atoms with van der Waals surface area (Å²) in [6.45, 7) is 1.94. The van der Waals surface area contributed by atoms with Gasteiger partial charge in [0.2, 0.25) is 0 Å². The molecule has 88 valence electrons. The summed E-state index contributed by atoms with van der Waals surface area (Å²) in [5, 5.41) is 0.323. The van der Waals surface area contributed by atoms with Crippen molar-refractivity contribution in [2.75, 3.05) is 6.26 Å². The Balaban J connectivity index is 2.64. The normalized spacial score (nSPS) is 10.5. The van der Waals surface area contributed by atoms with Gasteiger partial charge in [0.05, 0.1) is 5.69 Å². The van der Waals surface area contributed by atoms with E-state index in [1.165, 1.54) is 11.8 Å². The predicted octanol–water partition coefficient (Wildman–Crippen LogP) is 0.951. The van der Waals surface area contributed by atoms with Gasteiger partial charge in [-0.05, 0) is 25.3 Å². The minimum atomic E-state index is -0.568. The van der Waals surface area contributed by atoms with Crippen molar-refractivity contribution < 1.29 is 0 Å². The number of aromatic amines is 1. The second-order valence-electron chi connectivity index (χ2n) is 3.50. The lowest BCUT2D eigenvalue weighted by Gasteiger charge is -2.04. The van der Waals surface area contributed by atoms with Crippen molar-refractivity contribution in [3.63, 3.8) is 0 Å². The highest BCUT2D eigenvalue weighted by molar-refractivity contribution is 7.98. The summed E-state index contributed by atoms with van der Waals surface area (Å²) < 4.78 is 1.01. The second-order valence-corrected chi connectivity index (χ2v) is 4.30. The molecular weight excluding hydrogens is 238 g/mol. The van der Waals surface area contributed by atoms with Crippen LogP contribution in [0.25, 0.3) is 5.69 Å². The van der Waals surface area contributed by atoms with Crippen LogP contribution in [0, 0.1) is 6.92 Å². The van der Waals surface area contributed by atoms with E-state index >= 15 is 0 Å². The monoisotopic (exact) mass is 249 g/mol. The first-order valence-electron chi connectivity index (χ1n) is 4.96. The number of thioether (sulfide) groups is 1. The minimum Gasteiger partial charge on any atom is -0.286 e. The van der Waals surface area contributed by atoms with Crippen LogP contribution in [-0.2, 0) is 0 Å². The van der Waals surface area contributed by atoms with Gasteiger partial charge in [-0.25, -0.2) is 14.2 Å². The molecule has 0 bridgehead atoms. The molecule has 6 heteroatoms. The van der Waals surface area contributed by atoms with Crippen LogP contribution >= 0.6 is 11.8 Å². The van der Waals surface area contributed by atoms with Gasteiger partial charge in [-0.2, -0.15) is 4.98 Å². The van der Waals surface area contributed by atoms with Gasteiger partial charge in [0, 0.05) is 0 Å². The Bertz CT molecular complexity index is 612. The molecule has 0 fully saturated rings. The zero-order chi connectivity index (χ0) is 12.4. The van der Waals surface area contributed by atoms with E-state index in [1.807, 2.05) is 19.1 Å². The molecule has 2 aromatic rings. The van der Waals surface area contributed by atoms with Crippen LogP contribution in [-0.4, -0.2) is 20.8 Å². The predicted molar refractivity (Wildman–Crippen MR) is 67.0 cm³/mol. The third-order valence-electron chi connectivity index (χ3n) is 2.29. The Kier molecular flexibility index (Phi) is 3.14. The standard InChI is InChI=1S/C11H11N3O2S/c1-7-3-5-8(6-4-7)14-10(15)12-9(17-2)13-11(14)16/h3-6H,1-2H3,(H,12,13,15,16). The fourth-order valence-corrected chi connectivity index (χ4v) is 1.78. The molecule has 1 aromatic heterocycles. The molecule has 0 aliphatic rings. The van der Waals surface area contributed by atoms with Gasteiger partial charge in [-0.15, -0.1) is 0 Å². The lowest BCUT2D eigenvalue weighted by atomic mass is 10.2. The lowest BCUT2D eigenvalue weighted by molar-refractivity contribution is 0.743. The van der Waals surface area contributed by atoms with E-state index in [9.17, 15) is 9.59 Å². The van der Waals surface area contributed by atoms with Crippen molar-refractivity contribution in [3.05, 3.63) is 50.8 Å². The van der Waals surface area contributed by atoms with Crippen molar-refractivity contribution in [1.29, 1.82) is 0 Å². The number of hydrogen-bond acceptors (Lipinski definition) is 4. The van der Waals surface area contributed by atoms with E-state index in [0.717, 1.165) is 10.1 Å². The van der Waals surface area contributed by atoms with Crippen molar-refractivity contribution in [2.45, 2.75) is 12.1 Å². The van der Waals surface area contributed by atoms with Crippen molar-refractivity contribution in [1.82, 2.24) is 14.5 Å². The van der Waals surface area contributed by atoms with Gasteiger partial charge in [0.25, 0.3) is 0 Å². The van der Waals surface area contributed by atoms with Gasteiger partial charge in [-0.3, -0.25) is 4.98 Å². The number of aromatic nitrogens is 3. The Morgan fingerprint density at radius 3 is 2.41 bits per heavy atom. The van der Waals surface area contributed by atoms with Crippen molar-refractivity contribution in [3.8, 4) is 5.69 Å². The quantitative estimate of drug-likeness (QED) is 0.805. The van der Waals surface area contributed by atoms with Crippen LogP contribution in [0.5, 0.6) is 0 Å². The summed E-state index contributed by atoms with van der Waals surface area (Å²) in [5.74, 6) is 0. The van der Waals surface area contributed by atoms with Crippen LogP contribution in [0.4, 0.5) is 0 Å². The number of nitrogens with zero attached hydrogens (tertiary/aromatic N) is 2. The van der Waals surface area contributed by atoms with Crippen LogP contribution in [0.15, 0.2) is 39.0 Å². The maximum Gasteiger partial charge on any atom is 0.358 e. The summed E-state index contributed by atoms with van der Waals surface area (Å²) in [6.07, 6.45) is 1.74. The topological polar surface area (TPSA) is 67.8 Å². The van der Waals surface area contributed by atoms with Gasteiger partial charge in [0.15, 0.2) is 5.16 Å². The molecule has 0 aliphatic heterocycles. The highest BCUT2D eigenvalue weighted by atomic mass is 32.2. The molecule has 1 aromatic carbocycles. The first-order valence-corrected chi connectivity index (χ1v) is 6.18. The molecule has 5 nitrogen and oxygen atoms in total. The third kappa shape index (κ3) is 2.31. The van der Waals surface area contributed by atoms with Crippen molar-refractivity contribution >= 4 is 11.8 Å². The molecule has 0 unspecified atom stereocenters. The van der Waals surface area contributed by atoms with Crippen LogP contribution in [0.1, 0.15) is 5.56 Å². The summed E-state index contributed by atoms with van der Waals surface area (Å²) in [6, 6.07) is 7.10. The number of nitrogens with one attached hydrogen (secondary N) is 1. The minimum absolute atomic E-state index is 0.323. The Hall–Kier alpha value is -1.82. The SMILES string of the molecule is CSc1nc(=O)n(-c2ccc(C)cc2)c(=O)[nH]1. The molecule has 17 heavy (non-hydrogen) atoms. The average Bonchev–Trinajstić information content (AvgIpc) is 2.30. The number of H-pyrrole nitrogens is 1. The summed E-state index contributed by atoms with van der Waals surface area (Å²) in [4.78, 5) is 29.8. The zero-order valence-corrected chi connectivity index (χ0v) is 10.2. The van der Waals surface area contributed by atoms with Gasteiger partial charge < -0.3 is 0 Å². The molecule has 2 rings (SSSR count). The van der Waals surface area contributed by atoms with Gasteiger partial charge in [0.1, 0.15) is 0 Å². The summed E-state index contributed by atoms with van der Waals surface area (Å²) in [7, 11) is 0. The van der Waals surface area contributed by atoms with Crippen LogP contribution in [0.2, 0.25) is 0 Å². The molecular formula is C11H11N3O2S. The van der Waals surface area contributed by atoms with Crippen molar-refractivity contribution in [2.24, 2.45) is 0 Å². The van der Waals surface area contributed by atoms with Gasteiger partial charge in [-0.1, -0.05) is 29.5 Å². The fourth-order valence-electron chi connectivity index (χ4n) is 1.42. The molecule has 0 spiro atoms. The van der Waals surface area contributed by atoms with E-state index in [-0.39, 0.29) is 0 Å². The molecule has 0 aliphatic carbocycles. The van der Waals surface area contributed by atoms with E-state index in [0.29, 0.717) is 10.8 Å². The maximum absolute atomic E-state index is 11.8. The molecule has 0 atom stereocenters. The first kappa shape index (κ1) is 11.7. The molecule has 1 N–H and O–H groups in total. The molecule has 0 amide bonds. The highest BCUT2D eigenvalue weighted by Crippen LogP contribution is 2.06. The fraction of sp³-hybridized carbons (Fsp3) is 0.182. The molecule has 1 heterocycles. The zero-order valence-electron chi connectivity index (χ0n) is 9.43. The van der Waals surface area contributed by atoms with E-state index in [2.05, 4.69) is 9.97 Å². The lowest BCUT2D eigenvalue weighted by Crippen LogP contribution is -2.36. The maximum atomic E-state index is 11.8. The van der Waals surface area contributed by atoms with E-state index < -0.39 is 11.4 Å². The molecule has 0 saturated carbocycles. The Labute approximate surface area is 102 Å².